The van der Waals surface area contributed by atoms with Gasteiger partial charge in [0.1, 0.15) is 11.6 Å². The lowest BCUT2D eigenvalue weighted by Gasteiger charge is -2.13. The van der Waals surface area contributed by atoms with Gasteiger partial charge in [0.05, 0.1) is 19.1 Å². The summed E-state index contributed by atoms with van der Waals surface area (Å²) in [6.07, 6.45) is 0.359. The minimum Gasteiger partial charge on any atom is -0.496 e. The number of nitrogens with one attached hydrogen (secondary N) is 1. The number of rotatable bonds is 6. The lowest BCUT2D eigenvalue weighted by atomic mass is 10.1. The molecule has 0 spiro atoms. The zero-order valence-corrected chi connectivity index (χ0v) is 16.6. The second-order valence-electron chi connectivity index (χ2n) is 6.71. The van der Waals surface area contributed by atoms with Crippen LogP contribution in [0, 0.1) is 6.92 Å². The predicted octanol–water partition coefficient (Wildman–Crippen LogP) is 3.83. The van der Waals surface area contributed by atoms with E-state index in [0.29, 0.717) is 18.1 Å². The molecule has 28 heavy (non-hydrogen) atoms. The molecular formula is C22H24N4O2. The Hall–Kier alpha value is -3.41. The number of carbonyl (C=O) groups excluding carboxylic acids is 1. The molecule has 1 aromatic heterocycles. The number of hydrogen-bond donors (Lipinski definition) is 1. The Balaban J connectivity index is 1.87. The largest absolute Gasteiger partial charge is 0.496 e. The molecule has 3 aromatic rings. The molecule has 144 valence electrons. The molecular weight excluding hydrogens is 352 g/mol. The van der Waals surface area contributed by atoms with Crippen molar-refractivity contribution in [2.24, 2.45) is 0 Å². The van der Waals surface area contributed by atoms with Crippen molar-refractivity contribution in [3.05, 3.63) is 65.9 Å². The van der Waals surface area contributed by atoms with Crippen molar-refractivity contribution in [2.75, 3.05) is 26.5 Å². The van der Waals surface area contributed by atoms with Crippen LogP contribution in [0.2, 0.25) is 0 Å². The highest BCUT2D eigenvalue weighted by Gasteiger charge is 2.11. The molecule has 1 N–H and O–H groups in total. The number of para-hydroxylation sites is 1. The molecule has 2 aromatic carbocycles. The molecule has 0 radical (unpaired) electrons. The molecule has 0 aliphatic rings. The summed E-state index contributed by atoms with van der Waals surface area (Å²) in [6, 6.07) is 17.3. The van der Waals surface area contributed by atoms with E-state index in [1.54, 1.807) is 26.1 Å². The maximum atomic E-state index is 12.0. The predicted molar refractivity (Wildman–Crippen MR) is 111 cm³/mol. The normalized spacial score (nSPS) is 10.4. The van der Waals surface area contributed by atoms with Crippen molar-refractivity contribution >= 4 is 17.4 Å². The van der Waals surface area contributed by atoms with Crippen LogP contribution in [-0.2, 0) is 11.2 Å². The lowest BCUT2D eigenvalue weighted by Crippen LogP contribution is -2.23. The summed E-state index contributed by atoms with van der Waals surface area (Å²) in [5.41, 5.74) is 3.49. The Kier molecular flexibility index (Phi) is 5.89. The number of likely N-dealkylation sites (N-methyl/N-ethyl adjacent to an activating group) is 1. The average molecular weight is 376 g/mol. The third kappa shape index (κ3) is 4.65. The summed E-state index contributed by atoms with van der Waals surface area (Å²) in [4.78, 5) is 22.8. The van der Waals surface area contributed by atoms with E-state index < -0.39 is 0 Å². The zero-order valence-electron chi connectivity index (χ0n) is 16.6. The van der Waals surface area contributed by atoms with Crippen molar-refractivity contribution in [2.45, 2.75) is 13.3 Å². The zero-order chi connectivity index (χ0) is 20.1. The van der Waals surface area contributed by atoms with Gasteiger partial charge in [0.15, 0.2) is 5.82 Å². The van der Waals surface area contributed by atoms with Crippen LogP contribution in [0.25, 0.3) is 11.4 Å². The van der Waals surface area contributed by atoms with Crippen LogP contribution in [0.3, 0.4) is 0 Å². The van der Waals surface area contributed by atoms with E-state index in [0.717, 1.165) is 28.3 Å². The number of benzene rings is 2. The van der Waals surface area contributed by atoms with Crippen molar-refractivity contribution in [3.63, 3.8) is 0 Å². The quantitative estimate of drug-likeness (QED) is 0.708. The fourth-order valence-corrected chi connectivity index (χ4v) is 2.82. The summed E-state index contributed by atoms with van der Waals surface area (Å²) < 4.78 is 5.43. The smallest absolute Gasteiger partial charge is 0.226 e. The van der Waals surface area contributed by atoms with Crippen molar-refractivity contribution < 1.29 is 9.53 Å². The first kappa shape index (κ1) is 19.4. The number of hydrogen-bond acceptors (Lipinski definition) is 5. The number of amides is 1. The molecule has 1 amide bonds. The Labute approximate surface area is 165 Å². The summed E-state index contributed by atoms with van der Waals surface area (Å²) >= 11 is 0. The molecule has 0 saturated carbocycles. The van der Waals surface area contributed by atoms with Gasteiger partial charge < -0.3 is 15.0 Å². The van der Waals surface area contributed by atoms with Crippen molar-refractivity contribution in [1.82, 2.24) is 14.9 Å². The Bertz CT molecular complexity index is 986. The summed E-state index contributed by atoms with van der Waals surface area (Å²) in [5, 5.41) is 3.32. The first-order valence-electron chi connectivity index (χ1n) is 9.01. The Morgan fingerprint density at radius 3 is 2.61 bits per heavy atom. The van der Waals surface area contributed by atoms with Crippen molar-refractivity contribution in [1.29, 1.82) is 0 Å². The molecule has 1 heterocycles. The maximum Gasteiger partial charge on any atom is 0.226 e. The third-order valence-electron chi connectivity index (χ3n) is 4.26. The first-order chi connectivity index (χ1) is 13.5. The second kappa shape index (κ2) is 8.52. The topological polar surface area (TPSA) is 67.3 Å². The van der Waals surface area contributed by atoms with E-state index in [1.807, 2.05) is 61.5 Å². The molecule has 0 bridgehead atoms. The highest BCUT2D eigenvalue weighted by atomic mass is 16.5. The van der Waals surface area contributed by atoms with E-state index in [1.165, 1.54) is 0 Å². The number of aromatic nitrogens is 2. The van der Waals surface area contributed by atoms with Gasteiger partial charge in [-0.05, 0) is 36.8 Å². The molecule has 6 heteroatoms. The van der Waals surface area contributed by atoms with Gasteiger partial charge in [-0.2, -0.15) is 0 Å². The Morgan fingerprint density at radius 2 is 1.86 bits per heavy atom. The molecule has 0 aliphatic heterocycles. The van der Waals surface area contributed by atoms with Crippen LogP contribution >= 0.6 is 0 Å². The standard InChI is InChI=1S/C22H24N4O2/c1-15-12-20(25-22(23-15)18-10-5-6-11-19(18)28-4)24-17-9-7-8-16(13-17)14-21(27)26(2)3/h5-13H,14H2,1-4H3,(H,23,24,25). The van der Waals surface area contributed by atoms with E-state index in [-0.39, 0.29) is 5.91 Å². The summed E-state index contributed by atoms with van der Waals surface area (Å²) in [6.45, 7) is 1.93. The number of carbonyl (C=O) groups is 1. The highest BCUT2D eigenvalue weighted by molar-refractivity contribution is 5.78. The lowest BCUT2D eigenvalue weighted by molar-refractivity contribution is -0.127. The van der Waals surface area contributed by atoms with Crippen LogP contribution in [-0.4, -0.2) is 42.0 Å². The minimum absolute atomic E-state index is 0.0634. The van der Waals surface area contributed by atoms with Gasteiger partial charge in [-0.1, -0.05) is 24.3 Å². The van der Waals surface area contributed by atoms with Gasteiger partial charge in [-0.25, -0.2) is 9.97 Å². The molecule has 6 nitrogen and oxygen atoms in total. The van der Waals surface area contributed by atoms with E-state index in [9.17, 15) is 4.79 Å². The van der Waals surface area contributed by atoms with Crippen LogP contribution < -0.4 is 10.1 Å². The Morgan fingerprint density at radius 1 is 1.07 bits per heavy atom. The number of nitrogens with zero attached hydrogens (tertiary/aromatic N) is 3. The molecule has 0 atom stereocenters. The molecule has 0 unspecified atom stereocenters. The van der Waals surface area contributed by atoms with Crippen LogP contribution in [0.1, 0.15) is 11.3 Å². The van der Waals surface area contributed by atoms with Crippen LogP contribution in [0.15, 0.2) is 54.6 Å². The first-order valence-corrected chi connectivity index (χ1v) is 9.01. The molecule has 0 saturated heterocycles. The van der Waals surface area contributed by atoms with Crippen LogP contribution in [0.4, 0.5) is 11.5 Å². The van der Waals surface area contributed by atoms with Gasteiger partial charge in [0, 0.05) is 31.5 Å². The number of anilines is 2. The van der Waals surface area contributed by atoms with E-state index in [2.05, 4.69) is 15.3 Å². The summed E-state index contributed by atoms with van der Waals surface area (Å²) in [5.74, 6) is 2.07. The van der Waals surface area contributed by atoms with E-state index >= 15 is 0 Å². The van der Waals surface area contributed by atoms with E-state index in [4.69, 9.17) is 4.74 Å². The number of aryl methyl sites for hydroxylation is 1. The van der Waals surface area contributed by atoms with Gasteiger partial charge in [0.25, 0.3) is 0 Å². The van der Waals surface area contributed by atoms with Gasteiger partial charge in [-0.3, -0.25) is 4.79 Å². The minimum atomic E-state index is 0.0634. The SMILES string of the molecule is COc1ccccc1-c1nc(C)cc(Nc2cccc(CC(=O)N(C)C)c2)n1. The molecule has 0 aliphatic carbocycles. The fraction of sp³-hybridized carbons (Fsp3) is 0.227. The average Bonchev–Trinajstić information content (AvgIpc) is 2.67. The van der Waals surface area contributed by atoms with Gasteiger partial charge in [0.2, 0.25) is 5.91 Å². The van der Waals surface area contributed by atoms with Gasteiger partial charge in [-0.15, -0.1) is 0 Å². The third-order valence-corrected chi connectivity index (χ3v) is 4.26. The van der Waals surface area contributed by atoms with Gasteiger partial charge >= 0.3 is 0 Å². The maximum absolute atomic E-state index is 12.0. The molecule has 3 rings (SSSR count). The highest BCUT2D eigenvalue weighted by Crippen LogP contribution is 2.28. The molecule has 0 fully saturated rings. The van der Waals surface area contributed by atoms with Crippen LogP contribution in [0.5, 0.6) is 5.75 Å². The number of ether oxygens (including phenoxy) is 1. The monoisotopic (exact) mass is 376 g/mol. The van der Waals surface area contributed by atoms with Crippen molar-refractivity contribution in [3.8, 4) is 17.1 Å². The summed E-state index contributed by atoms with van der Waals surface area (Å²) in [7, 11) is 5.15. The number of methoxy groups -OCH3 is 1. The second-order valence-corrected chi connectivity index (χ2v) is 6.71. The fourth-order valence-electron chi connectivity index (χ4n) is 2.82.